The lowest BCUT2D eigenvalue weighted by molar-refractivity contribution is -0.117. The number of fused-ring (bicyclic) bond motifs is 1. The summed E-state index contributed by atoms with van der Waals surface area (Å²) in [6.07, 6.45) is 7.11. The minimum absolute atomic E-state index is 0.0132. The van der Waals surface area contributed by atoms with Crippen LogP contribution in [-0.4, -0.2) is 57.7 Å². The molecule has 0 aromatic carbocycles. The highest BCUT2D eigenvalue weighted by Gasteiger charge is 2.30. The van der Waals surface area contributed by atoms with Crippen molar-refractivity contribution in [2.45, 2.75) is 25.4 Å². The molecule has 1 atom stereocenters. The minimum Gasteiger partial charge on any atom is -0.476 e. The lowest BCUT2D eigenvalue weighted by atomic mass is 10.2. The Bertz CT molecular complexity index is 1050. The number of thiazole rings is 1. The van der Waals surface area contributed by atoms with Crippen LogP contribution in [0.4, 0.5) is 5.82 Å². The van der Waals surface area contributed by atoms with Crippen LogP contribution < -0.4 is 10.6 Å². The first-order valence-electron chi connectivity index (χ1n) is 9.76. The molecule has 1 aliphatic carbocycles. The van der Waals surface area contributed by atoms with E-state index in [0.29, 0.717) is 23.3 Å². The van der Waals surface area contributed by atoms with Crippen LogP contribution in [0.1, 0.15) is 29.1 Å². The Balaban J connectivity index is 0.000000265. The van der Waals surface area contributed by atoms with Gasteiger partial charge in [-0.2, -0.15) is 0 Å². The van der Waals surface area contributed by atoms with Gasteiger partial charge in [0.1, 0.15) is 5.65 Å². The second-order valence-electron chi connectivity index (χ2n) is 7.27. The van der Waals surface area contributed by atoms with E-state index < -0.39 is 5.97 Å². The number of amides is 1. The van der Waals surface area contributed by atoms with Gasteiger partial charge < -0.3 is 24.9 Å². The van der Waals surface area contributed by atoms with Crippen molar-refractivity contribution in [3.05, 3.63) is 34.9 Å². The van der Waals surface area contributed by atoms with Crippen molar-refractivity contribution < 1.29 is 19.4 Å². The van der Waals surface area contributed by atoms with Gasteiger partial charge in [-0.25, -0.2) is 14.8 Å². The van der Waals surface area contributed by atoms with Gasteiger partial charge in [0.05, 0.1) is 18.0 Å². The second kappa shape index (κ2) is 8.90. The smallest absolute Gasteiger partial charge is 0.365 e. The van der Waals surface area contributed by atoms with E-state index >= 15 is 0 Å². The molecule has 1 amide bonds. The Hall–Kier alpha value is -2.82. The summed E-state index contributed by atoms with van der Waals surface area (Å²) in [6, 6.07) is 3.64. The molecule has 0 spiro atoms. The van der Waals surface area contributed by atoms with Gasteiger partial charge in [0.2, 0.25) is 10.9 Å². The van der Waals surface area contributed by atoms with Gasteiger partial charge in [-0.1, -0.05) is 0 Å². The molecule has 4 heterocycles. The van der Waals surface area contributed by atoms with Crippen LogP contribution >= 0.6 is 11.3 Å². The molecular formula is C20H23N5O4S. The molecule has 3 aromatic rings. The fraction of sp³-hybridized carbons (Fsp3) is 0.400. The van der Waals surface area contributed by atoms with E-state index in [1.165, 1.54) is 6.42 Å². The molecule has 0 radical (unpaired) electrons. The molecule has 1 saturated heterocycles. The molecule has 1 unspecified atom stereocenters. The van der Waals surface area contributed by atoms with Crippen LogP contribution in [0.2, 0.25) is 0 Å². The minimum atomic E-state index is -1.03. The fourth-order valence-electron chi connectivity index (χ4n) is 3.11. The highest BCUT2D eigenvalue weighted by atomic mass is 32.1. The quantitative estimate of drug-likeness (QED) is 0.570. The molecule has 9 nitrogen and oxygen atoms in total. The number of aromatic nitrogens is 3. The van der Waals surface area contributed by atoms with Crippen LogP contribution in [0.3, 0.4) is 0 Å². The normalized spacial score (nSPS) is 18.1. The SMILES string of the molecule is COC1CCNC1.O=C(O)c1nc(-c2ccc3nc(NC(=O)C4CC4)cn3c2)cs1. The number of nitrogens with zero attached hydrogens (tertiary/aromatic N) is 3. The zero-order valence-electron chi connectivity index (χ0n) is 16.5. The van der Waals surface area contributed by atoms with Gasteiger partial charge in [-0.05, 0) is 37.9 Å². The number of hydrogen-bond acceptors (Lipinski definition) is 7. The molecule has 1 saturated carbocycles. The van der Waals surface area contributed by atoms with Crippen molar-refractivity contribution >= 4 is 34.7 Å². The van der Waals surface area contributed by atoms with Crippen molar-refractivity contribution in [3.8, 4) is 11.3 Å². The van der Waals surface area contributed by atoms with Gasteiger partial charge in [0, 0.05) is 36.7 Å². The summed E-state index contributed by atoms with van der Waals surface area (Å²) >= 11 is 1.09. The first-order valence-corrected chi connectivity index (χ1v) is 10.6. The first kappa shape index (κ1) is 20.5. The third-order valence-electron chi connectivity index (χ3n) is 4.98. The standard InChI is InChI=1S/C15H12N4O3S.C5H11NO/c20-13(8-1-2-8)18-11-6-19-5-9(3-4-12(19)17-11)10-7-23-14(16-10)15(21)22;1-7-5-2-3-6-4-5/h3-8H,1-2H2,(H,18,20)(H,21,22);5-6H,2-4H2,1H3. The van der Waals surface area contributed by atoms with E-state index in [0.717, 1.165) is 42.8 Å². The first-order chi connectivity index (χ1) is 14.5. The van der Waals surface area contributed by atoms with Gasteiger partial charge in [0.25, 0.3) is 0 Å². The molecule has 2 fully saturated rings. The third kappa shape index (κ3) is 4.84. The van der Waals surface area contributed by atoms with Crippen molar-refractivity contribution in [1.29, 1.82) is 0 Å². The summed E-state index contributed by atoms with van der Waals surface area (Å²) in [7, 11) is 1.76. The van der Waals surface area contributed by atoms with E-state index in [1.807, 2.05) is 18.3 Å². The Labute approximate surface area is 177 Å². The number of carbonyl (C=O) groups is 2. The molecule has 10 heteroatoms. The third-order valence-corrected chi connectivity index (χ3v) is 5.81. The number of aromatic carboxylic acids is 1. The number of pyridine rings is 1. The Morgan fingerprint density at radius 2 is 2.10 bits per heavy atom. The van der Waals surface area contributed by atoms with Crippen LogP contribution in [0, 0.1) is 5.92 Å². The predicted molar refractivity (Wildman–Crippen MR) is 113 cm³/mol. The lowest BCUT2D eigenvalue weighted by Crippen LogP contribution is -2.14. The number of imidazole rings is 1. The van der Waals surface area contributed by atoms with Crippen LogP contribution in [0.25, 0.3) is 16.9 Å². The Morgan fingerprint density at radius 1 is 1.27 bits per heavy atom. The molecule has 1 aliphatic heterocycles. The number of carbonyl (C=O) groups excluding carboxylic acids is 1. The average Bonchev–Trinajstić information content (AvgIpc) is 3.13. The fourth-order valence-corrected chi connectivity index (χ4v) is 3.78. The molecule has 3 aromatic heterocycles. The number of hydrogen-bond donors (Lipinski definition) is 3. The van der Waals surface area contributed by atoms with Crippen molar-refractivity contribution in [2.75, 3.05) is 25.5 Å². The number of nitrogens with one attached hydrogen (secondary N) is 2. The van der Waals surface area contributed by atoms with Crippen LogP contribution in [-0.2, 0) is 9.53 Å². The number of carboxylic acid groups (broad SMARTS) is 1. The van der Waals surface area contributed by atoms with Crippen molar-refractivity contribution in [3.63, 3.8) is 0 Å². The summed E-state index contributed by atoms with van der Waals surface area (Å²) in [5, 5.41) is 16.7. The van der Waals surface area contributed by atoms with Crippen LogP contribution in [0.15, 0.2) is 29.9 Å². The average molecular weight is 430 g/mol. The number of carboxylic acids is 1. The number of rotatable bonds is 5. The maximum atomic E-state index is 11.8. The Morgan fingerprint density at radius 3 is 2.70 bits per heavy atom. The van der Waals surface area contributed by atoms with Gasteiger partial charge >= 0.3 is 5.97 Å². The summed E-state index contributed by atoms with van der Waals surface area (Å²) < 4.78 is 6.84. The predicted octanol–water partition coefficient (Wildman–Crippen LogP) is 2.50. The number of methoxy groups -OCH3 is 1. The topological polar surface area (TPSA) is 118 Å². The van der Waals surface area contributed by atoms with Gasteiger partial charge in [-0.3, -0.25) is 4.79 Å². The lowest BCUT2D eigenvalue weighted by Gasteiger charge is -2.01. The van der Waals surface area contributed by atoms with E-state index in [1.54, 1.807) is 23.1 Å². The summed E-state index contributed by atoms with van der Waals surface area (Å²) in [4.78, 5) is 31.1. The van der Waals surface area contributed by atoms with E-state index in [-0.39, 0.29) is 16.8 Å². The number of ether oxygens (including phenoxy) is 1. The monoisotopic (exact) mass is 429 g/mol. The molecule has 5 rings (SSSR count). The molecule has 2 aliphatic rings. The largest absolute Gasteiger partial charge is 0.476 e. The number of anilines is 1. The zero-order chi connectivity index (χ0) is 21.1. The van der Waals surface area contributed by atoms with E-state index in [2.05, 4.69) is 20.6 Å². The molecule has 30 heavy (non-hydrogen) atoms. The Kier molecular flexibility index (Phi) is 6.07. The molecule has 3 N–H and O–H groups in total. The van der Waals surface area contributed by atoms with Crippen molar-refractivity contribution in [1.82, 2.24) is 19.7 Å². The van der Waals surface area contributed by atoms with Gasteiger partial charge in [0.15, 0.2) is 5.82 Å². The molecular weight excluding hydrogens is 406 g/mol. The highest BCUT2D eigenvalue weighted by molar-refractivity contribution is 7.11. The maximum Gasteiger partial charge on any atom is 0.365 e. The summed E-state index contributed by atoms with van der Waals surface area (Å²) in [5.74, 6) is -0.377. The van der Waals surface area contributed by atoms with Crippen LogP contribution in [0.5, 0.6) is 0 Å². The molecule has 0 bridgehead atoms. The second-order valence-corrected chi connectivity index (χ2v) is 8.12. The van der Waals surface area contributed by atoms with E-state index in [9.17, 15) is 9.59 Å². The summed E-state index contributed by atoms with van der Waals surface area (Å²) in [5.41, 5.74) is 2.10. The summed E-state index contributed by atoms with van der Waals surface area (Å²) in [6.45, 7) is 2.16. The highest BCUT2D eigenvalue weighted by Crippen LogP contribution is 2.30. The molecule has 158 valence electrons. The van der Waals surface area contributed by atoms with Crippen molar-refractivity contribution in [2.24, 2.45) is 5.92 Å². The maximum absolute atomic E-state index is 11.8. The zero-order valence-corrected chi connectivity index (χ0v) is 17.3. The van der Waals surface area contributed by atoms with E-state index in [4.69, 9.17) is 9.84 Å². The van der Waals surface area contributed by atoms with Gasteiger partial charge in [-0.15, -0.1) is 11.3 Å².